The third-order valence-corrected chi connectivity index (χ3v) is 5.03. The molecule has 0 aliphatic carbocycles. The van der Waals surface area contributed by atoms with Gasteiger partial charge in [-0.2, -0.15) is 0 Å². The van der Waals surface area contributed by atoms with E-state index in [1.807, 2.05) is 6.07 Å². The number of nitrogens with one attached hydrogen (secondary N) is 2. The quantitative estimate of drug-likeness (QED) is 0.401. The molecule has 5 nitrogen and oxygen atoms in total. The lowest BCUT2D eigenvalue weighted by molar-refractivity contribution is 0.0694. The number of ether oxygens (including phenoxy) is 1. The molecule has 3 rings (SSSR count). The minimum Gasteiger partial charge on any atom is -0.487 e. The first-order valence-corrected chi connectivity index (χ1v) is 9.48. The predicted molar refractivity (Wildman–Crippen MR) is 119 cm³/mol. The summed E-state index contributed by atoms with van der Waals surface area (Å²) >= 11 is 0. The molecule has 2 unspecified atom stereocenters. The fourth-order valence-corrected chi connectivity index (χ4v) is 3.81. The molecule has 1 saturated heterocycles. The lowest BCUT2D eigenvalue weighted by Gasteiger charge is -2.38. The number of guanidine groups is 1. The Hall–Kier alpha value is -1.02. The van der Waals surface area contributed by atoms with E-state index in [4.69, 9.17) is 9.73 Å². The number of likely N-dealkylation sites (tertiary alicyclic amines) is 1. The first-order chi connectivity index (χ1) is 12.0. The summed E-state index contributed by atoms with van der Waals surface area (Å²) in [5.74, 6) is 2.55. The summed E-state index contributed by atoms with van der Waals surface area (Å²) in [6.07, 6.45) is 2.16. The average molecular weight is 472 g/mol. The molecule has 26 heavy (non-hydrogen) atoms. The van der Waals surface area contributed by atoms with E-state index in [1.54, 1.807) is 0 Å². The third kappa shape index (κ3) is 5.49. The smallest absolute Gasteiger partial charge is 0.191 e. The molecule has 2 N–H and O–H groups in total. The maximum atomic E-state index is 6.14. The van der Waals surface area contributed by atoms with Crippen LogP contribution in [0.4, 0.5) is 0 Å². The van der Waals surface area contributed by atoms with Crippen LogP contribution in [0.3, 0.4) is 0 Å². The van der Waals surface area contributed by atoms with Crippen LogP contribution in [0.1, 0.15) is 45.2 Å². The van der Waals surface area contributed by atoms with Crippen LogP contribution in [-0.4, -0.2) is 49.7 Å². The summed E-state index contributed by atoms with van der Waals surface area (Å²) in [7, 11) is 2.19. The zero-order chi connectivity index (χ0) is 17.9. The molecular formula is C20H33IN4O. The van der Waals surface area contributed by atoms with Crippen LogP contribution in [0, 0.1) is 5.92 Å². The topological polar surface area (TPSA) is 48.9 Å². The maximum Gasteiger partial charge on any atom is 0.191 e. The molecule has 2 aliphatic heterocycles. The molecule has 2 atom stereocenters. The van der Waals surface area contributed by atoms with E-state index in [0.717, 1.165) is 37.8 Å². The summed E-state index contributed by atoms with van der Waals surface area (Å²) in [4.78, 5) is 7.26. The van der Waals surface area contributed by atoms with Gasteiger partial charge in [0, 0.05) is 31.6 Å². The standard InChI is InChI=1S/C20H32N4O.HI/c1-5-21-19(22-13-15-10-11-24(4)14-15)23-17-12-20(2,3)25-18-9-7-6-8-16(17)18;/h6-9,15,17H,5,10-14H2,1-4H3,(H2,21,22,23);1H. The van der Waals surface area contributed by atoms with E-state index in [2.05, 4.69) is 61.6 Å². The molecule has 0 aromatic heterocycles. The fourth-order valence-electron chi connectivity index (χ4n) is 3.81. The van der Waals surface area contributed by atoms with Crippen LogP contribution in [0.25, 0.3) is 0 Å². The summed E-state index contributed by atoms with van der Waals surface area (Å²) in [6, 6.07) is 8.53. The highest BCUT2D eigenvalue weighted by molar-refractivity contribution is 14.0. The van der Waals surface area contributed by atoms with Crippen LogP contribution < -0.4 is 15.4 Å². The second kappa shape index (κ2) is 9.26. The normalized spacial score (nSPS) is 25.0. The number of nitrogens with zero attached hydrogens (tertiary/aromatic N) is 2. The molecule has 0 amide bonds. The van der Waals surface area contributed by atoms with Gasteiger partial charge in [-0.15, -0.1) is 24.0 Å². The highest BCUT2D eigenvalue weighted by Gasteiger charge is 2.34. The van der Waals surface area contributed by atoms with Crippen LogP contribution in [-0.2, 0) is 0 Å². The van der Waals surface area contributed by atoms with Crippen LogP contribution in [0.15, 0.2) is 29.3 Å². The van der Waals surface area contributed by atoms with E-state index < -0.39 is 0 Å². The number of aliphatic imine (C=N–C) groups is 1. The number of hydrogen-bond donors (Lipinski definition) is 2. The van der Waals surface area contributed by atoms with Crippen molar-refractivity contribution in [2.45, 2.75) is 45.3 Å². The van der Waals surface area contributed by atoms with E-state index in [0.29, 0.717) is 5.92 Å². The zero-order valence-corrected chi connectivity index (χ0v) is 18.7. The van der Waals surface area contributed by atoms with Gasteiger partial charge in [0.2, 0.25) is 0 Å². The minimum absolute atomic E-state index is 0. The van der Waals surface area contributed by atoms with Crippen molar-refractivity contribution in [2.24, 2.45) is 10.9 Å². The van der Waals surface area contributed by atoms with E-state index in [-0.39, 0.29) is 35.6 Å². The van der Waals surface area contributed by atoms with Crippen molar-refractivity contribution in [3.63, 3.8) is 0 Å². The summed E-state index contributed by atoms with van der Waals surface area (Å²) in [5.41, 5.74) is 1.03. The Morgan fingerprint density at radius 1 is 1.35 bits per heavy atom. The molecular weight excluding hydrogens is 439 g/mol. The second-order valence-electron chi connectivity index (χ2n) is 7.94. The molecule has 0 saturated carbocycles. The highest BCUT2D eigenvalue weighted by Crippen LogP contribution is 2.39. The Bertz CT molecular complexity index is 620. The van der Waals surface area contributed by atoms with Crippen molar-refractivity contribution in [1.29, 1.82) is 0 Å². The number of benzene rings is 1. The fraction of sp³-hybridized carbons (Fsp3) is 0.650. The molecule has 0 radical (unpaired) electrons. The molecule has 2 aliphatic rings. The van der Waals surface area contributed by atoms with Crippen molar-refractivity contribution in [1.82, 2.24) is 15.5 Å². The van der Waals surface area contributed by atoms with Gasteiger partial charge < -0.3 is 20.3 Å². The molecule has 6 heteroatoms. The van der Waals surface area contributed by atoms with Gasteiger partial charge in [0.1, 0.15) is 11.4 Å². The SMILES string of the molecule is CCNC(=NCC1CCN(C)C1)NC1CC(C)(C)Oc2ccccc21.I. The molecule has 0 bridgehead atoms. The summed E-state index contributed by atoms with van der Waals surface area (Å²) < 4.78 is 6.14. The Balaban J connectivity index is 0.00000243. The number of fused-ring (bicyclic) bond motifs is 1. The van der Waals surface area contributed by atoms with Gasteiger partial charge in [-0.1, -0.05) is 18.2 Å². The van der Waals surface area contributed by atoms with Crippen LogP contribution >= 0.6 is 24.0 Å². The van der Waals surface area contributed by atoms with Gasteiger partial charge >= 0.3 is 0 Å². The number of para-hydroxylation sites is 1. The Labute approximate surface area is 175 Å². The van der Waals surface area contributed by atoms with E-state index in [9.17, 15) is 0 Å². The summed E-state index contributed by atoms with van der Waals surface area (Å²) in [6.45, 7) is 10.5. The number of rotatable bonds is 4. The molecule has 1 aromatic carbocycles. The molecule has 146 valence electrons. The Kier molecular flexibility index (Phi) is 7.58. The van der Waals surface area contributed by atoms with Crippen molar-refractivity contribution in [3.8, 4) is 5.75 Å². The molecule has 2 heterocycles. The zero-order valence-electron chi connectivity index (χ0n) is 16.4. The highest BCUT2D eigenvalue weighted by atomic mass is 127. The lowest BCUT2D eigenvalue weighted by Crippen LogP contribution is -2.45. The van der Waals surface area contributed by atoms with Crippen molar-refractivity contribution in [3.05, 3.63) is 29.8 Å². The number of halogens is 1. The van der Waals surface area contributed by atoms with Crippen LogP contribution in [0.2, 0.25) is 0 Å². The minimum atomic E-state index is -0.183. The van der Waals surface area contributed by atoms with Gasteiger partial charge in [0.05, 0.1) is 6.04 Å². The van der Waals surface area contributed by atoms with Crippen molar-refractivity contribution in [2.75, 3.05) is 33.2 Å². The lowest BCUT2D eigenvalue weighted by atomic mass is 9.90. The molecule has 1 fully saturated rings. The largest absolute Gasteiger partial charge is 0.487 e. The third-order valence-electron chi connectivity index (χ3n) is 5.03. The maximum absolute atomic E-state index is 6.14. The van der Waals surface area contributed by atoms with Crippen LogP contribution in [0.5, 0.6) is 5.75 Å². The monoisotopic (exact) mass is 472 g/mol. The Morgan fingerprint density at radius 2 is 2.12 bits per heavy atom. The predicted octanol–water partition coefficient (Wildman–Crippen LogP) is 3.41. The van der Waals surface area contributed by atoms with Gasteiger partial charge in [0.25, 0.3) is 0 Å². The first-order valence-electron chi connectivity index (χ1n) is 9.48. The van der Waals surface area contributed by atoms with Gasteiger partial charge in [-0.3, -0.25) is 4.99 Å². The molecule has 0 spiro atoms. The van der Waals surface area contributed by atoms with Crippen molar-refractivity contribution < 1.29 is 4.74 Å². The second-order valence-corrected chi connectivity index (χ2v) is 7.94. The molecule has 1 aromatic rings. The van der Waals surface area contributed by atoms with Gasteiger partial charge in [-0.05, 0) is 52.8 Å². The average Bonchev–Trinajstić information content (AvgIpc) is 2.97. The first kappa shape index (κ1) is 21.3. The van der Waals surface area contributed by atoms with Crippen molar-refractivity contribution >= 4 is 29.9 Å². The van der Waals surface area contributed by atoms with E-state index in [1.165, 1.54) is 18.5 Å². The van der Waals surface area contributed by atoms with Gasteiger partial charge in [-0.25, -0.2) is 0 Å². The summed E-state index contributed by atoms with van der Waals surface area (Å²) in [5, 5.41) is 7.06. The van der Waals surface area contributed by atoms with E-state index >= 15 is 0 Å². The number of hydrogen-bond acceptors (Lipinski definition) is 3. The Morgan fingerprint density at radius 3 is 2.81 bits per heavy atom. The van der Waals surface area contributed by atoms with Gasteiger partial charge in [0.15, 0.2) is 5.96 Å².